The number of aliphatic hydroxyl groups excluding tert-OH is 1. The zero-order valence-corrected chi connectivity index (χ0v) is 16.7. The van der Waals surface area contributed by atoms with E-state index in [9.17, 15) is 20.4 Å². The highest BCUT2D eigenvalue weighted by Gasteiger charge is 2.30. The normalized spacial score (nSPS) is 14.9. The molecule has 0 amide bonds. The molecule has 1 unspecified atom stereocenters. The van der Waals surface area contributed by atoms with Crippen molar-refractivity contribution >= 4 is 17.4 Å². The third-order valence-electron chi connectivity index (χ3n) is 4.63. The van der Waals surface area contributed by atoms with Gasteiger partial charge < -0.3 is 36.3 Å². The van der Waals surface area contributed by atoms with Gasteiger partial charge in [-0.15, -0.1) is 0 Å². The Bertz CT molecular complexity index is 727. The largest absolute Gasteiger partial charge is 0.434 e. The summed E-state index contributed by atoms with van der Waals surface area (Å²) >= 11 is 0. The maximum Gasteiger partial charge on any atom is 0.434 e. The predicted octanol–water partition coefficient (Wildman–Crippen LogP) is 0.569. The topological polar surface area (TPSA) is 170 Å². The summed E-state index contributed by atoms with van der Waals surface area (Å²) in [5.74, 6) is -0.357. The third kappa shape index (κ3) is 6.25. The van der Waals surface area contributed by atoms with Gasteiger partial charge >= 0.3 is 5.95 Å². The summed E-state index contributed by atoms with van der Waals surface area (Å²) in [6, 6.07) is 0. The van der Waals surface area contributed by atoms with Crippen molar-refractivity contribution in [2.75, 3.05) is 13.1 Å². The number of nitrogens with zero attached hydrogens (tertiary/aromatic N) is 5. The van der Waals surface area contributed by atoms with E-state index in [1.165, 1.54) is 17.0 Å². The van der Waals surface area contributed by atoms with Crippen molar-refractivity contribution in [3.05, 3.63) is 22.5 Å². The number of hydrogen-bond acceptors (Lipinski definition) is 10. The standard InChI is InChI=1S/C16H29N7O5/c1-11(20-25)15(2,3)18-8-12(24)9-19-16(4,5)13(21-26)10-22-7-6-17-14(22)23(27)28/h6-7,12,18-19,24-26H,8-10H2,1-5H3/b20-11+,21-13+. The van der Waals surface area contributed by atoms with E-state index >= 15 is 0 Å². The number of nitro groups is 1. The number of nitrogens with one attached hydrogen (secondary N) is 2. The van der Waals surface area contributed by atoms with Crippen LogP contribution in [0.3, 0.4) is 0 Å². The lowest BCUT2D eigenvalue weighted by Crippen LogP contribution is -2.54. The molecule has 1 heterocycles. The van der Waals surface area contributed by atoms with Gasteiger partial charge in [-0.3, -0.25) is 0 Å². The van der Waals surface area contributed by atoms with Crippen molar-refractivity contribution in [1.82, 2.24) is 20.2 Å². The molecule has 0 saturated carbocycles. The molecule has 158 valence electrons. The van der Waals surface area contributed by atoms with Crippen LogP contribution < -0.4 is 10.6 Å². The van der Waals surface area contributed by atoms with Gasteiger partial charge in [0.2, 0.25) is 0 Å². The number of oxime groups is 2. The third-order valence-corrected chi connectivity index (χ3v) is 4.63. The average molecular weight is 399 g/mol. The van der Waals surface area contributed by atoms with E-state index in [4.69, 9.17) is 5.21 Å². The quantitative estimate of drug-likeness (QED) is 0.155. The van der Waals surface area contributed by atoms with Crippen molar-refractivity contribution in [1.29, 1.82) is 0 Å². The van der Waals surface area contributed by atoms with Gasteiger partial charge in [-0.05, 0) is 39.5 Å². The number of aliphatic hydroxyl groups is 1. The van der Waals surface area contributed by atoms with Gasteiger partial charge in [0.25, 0.3) is 0 Å². The lowest BCUT2D eigenvalue weighted by molar-refractivity contribution is -0.396. The molecule has 0 radical (unpaired) electrons. The van der Waals surface area contributed by atoms with Gasteiger partial charge in [0, 0.05) is 13.1 Å². The molecule has 0 spiro atoms. The number of aromatic nitrogens is 2. The first kappa shape index (κ1) is 23.5. The molecular weight excluding hydrogens is 370 g/mol. The molecular formula is C16H29N7O5. The van der Waals surface area contributed by atoms with Gasteiger partial charge in [-0.25, -0.2) is 4.57 Å². The molecule has 5 N–H and O–H groups in total. The number of imidazole rings is 1. The van der Waals surface area contributed by atoms with E-state index in [0.717, 1.165) is 0 Å². The molecule has 0 aliphatic carbocycles. The zero-order chi connectivity index (χ0) is 21.5. The number of hydrogen-bond donors (Lipinski definition) is 5. The number of β-amino-alcohol motifs (C(OH)–C–C–N with tert-alkyl or cyclic N) is 1. The highest BCUT2D eigenvalue weighted by molar-refractivity contribution is 5.92. The Morgan fingerprint density at radius 1 is 1.25 bits per heavy atom. The Hall–Kier alpha value is -2.57. The van der Waals surface area contributed by atoms with Crippen LogP contribution in [0, 0.1) is 10.1 Å². The second kappa shape index (κ2) is 9.57. The fourth-order valence-electron chi connectivity index (χ4n) is 2.29. The van der Waals surface area contributed by atoms with Gasteiger partial charge in [0.05, 0.1) is 22.9 Å². The number of rotatable bonds is 11. The van der Waals surface area contributed by atoms with Crippen LogP contribution in [0.1, 0.15) is 34.6 Å². The fourth-order valence-corrected chi connectivity index (χ4v) is 2.29. The van der Waals surface area contributed by atoms with Crippen LogP contribution in [0.5, 0.6) is 0 Å². The van der Waals surface area contributed by atoms with Gasteiger partial charge in [0.15, 0.2) is 0 Å². The van der Waals surface area contributed by atoms with E-state index < -0.39 is 22.1 Å². The second-order valence-corrected chi connectivity index (χ2v) is 7.51. The predicted molar refractivity (Wildman–Crippen MR) is 103 cm³/mol. The van der Waals surface area contributed by atoms with Crippen molar-refractivity contribution in [3.8, 4) is 0 Å². The van der Waals surface area contributed by atoms with Crippen LogP contribution in [0.15, 0.2) is 22.7 Å². The van der Waals surface area contributed by atoms with Gasteiger partial charge in [0.1, 0.15) is 24.7 Å². The molecule has 12 nitrogen and oxygen atoms in total. The fraction of sp³-hybridized carbons (Fsp3) is 0.688. The highest BCUT2D eigenvalue weighted by atomic mass is 16.6. The maximum absolute atomic E-state index is 11.0. The van der Waals surface area contributed by atoms with E-state index in [1.54, 1.807) is 20.8 Å². The molecule has 1 aromatic rings. The van der Waals surface area contributed by atoms with Crippen LogP contribution in [0.4, 0.5) is 5.95 Å². The first-order valence-corrected chi connectivity index (χ1v) is 8.68. The summed E-state index contributed by atoms with van der Waals surface area (Å²) in [6.45, 7) is 9.12. The molecule has 1 atom stereocenters. The zero-order valence-electron chi connectivity index (χ0n) is 16.7. The summed E-state index contributed by atoms with van der Waals surface area (Å²) in [6.07, 6.45) is 1.93. The van der Waals surface area contributed by atoms with E-state index in [0.29, 0.717) is 5.71 Å². The molecule has 12 heteroatoms. The second-order valence-electron chi connectivity index (χ2n) is 7.51. The molecule has 0 aliphatic rings. The lowest BCUT2D eigenvalue weighted by atomic mass is 9.97. The van der Waals surface area contributed by atoms with E-state index in [2.05, 4.69) is 25.9 Å². The van der Waals surface area contributed by atoms with Crippen molar-refractivity contribution in [2.24, 2.45) is 10.3 Å². The summed E-state index contributed by atoms with van der Waals surface area (Å²) < 4.78 is 1.26. The smallest absolute Gasteiger partial charge is 0.411 e. The lowest BCUT2D eigenvalue weighted by Gasteiger charge is -2.30. The van der Waals surface area contributed by atoms with Gasteiger partial charge in [-0.2, -0.15) is 0 Å². The maximum atomic E-state index is 11.0. The molecule has 1 rings (SSSR count). The van der Waals surface area contributed by atoms with E-state index in [-0.39, 0.29) is 31.3 Å². The minimum Gasteiger partial charge on any atom is -0.411 e. The summed E-state index contributed by atoms with van der Waals surface area (Å²) in [5.41, 5.74) is -0.739. The highest BCUT2D eigenvalue weighted by Crippen LogP contribution is 2.13. The molecule has 28 heavy (non-hydrogen) atoms. The summed E-state index contributed by atoms with van der Waals surface area (Å²) in [7, 11) is 0. The molecule has 0 aliphatic heterocycles. The van der Waals surface area contributed by atoms with Crippen molar-refractivity contribution in [3.63, 3.8) is 0 Å². The van der Waals surface area contributed by atoms with Crippen molar-refractivity contribution in [2.45, 2.75) is 58.3 Å². The Balaban J connectivity index is 2.68. The Kier molecular flexibility index (Phi) is 8.02. The minimum absolute atomic E-state index is 0.0413. The molecule has 0 aromatic carbocycles. The van der Waals surface area contributed by atoms with Crippen LogP contribution >= 0.6 is 0 Å². The van der Waals surface area contributed by atoms with Crippen LogP contribution in [0.25, 0.3) is 0 Å². The van der Waals surface area contributed by atoms with Gasteiger partial charge in [-0.1, -0.05) is 15.3 Å². The van der Waals surface area contributed by atoms with Crippen LogP contribution in [-0.2, 0) is 6.54 Å². The molecule has 0 fully saturated rings. The summed E-state index contributed by atoms with van der Waals surface area (Å²) in [4.78, 5) is 14.0. The Morgan fingerprint density at radius 2 is 1.82 bits per heavy atom. The van der Waals surface area contributed by atoms with E-state index in [1.807, 2.05) is 13.8 Å². The Morgan fingerprint density at radius 3 is 2.32 bits per heavy atom. The summed E-state index contributed by atoms with van der Waals surface area (Å²) in [5, 5.41) is 52.1. The molecule has 0 saturated heterocycles. The first-order chi connectivity index (χ1) is 12.9. The van der Waals surface area contributed by atoms with Crippen LogP contribution in [-0.4, -0.2) is 71.7 Å². The average Bonchev–Trinajstić information content (AvgIpc) is 3.10. The first-order valence-electron chi connectivity index (χ1n) is 8.68. The van der Waals surface area contributed by atoms with Crippen molar-refractivity contribution < 1.29 is 20.4 Å². The Labute approximate surface area is 163 Å². The minimum atomic E-state index is -0.855. The van der Waals surface area contributed by atoms with Crippen LogP contribution in [0.2, 0.25) is 0 Å². The monoisotopic (exact) mass is 399 g/mol. The molecule has 0 bridgehead atoms. The molecule has 1 aromatic heterocycles. The SMILES string of the molecule is C/C(=N\O)C(C)(C)NCC(O)CNC(C)(C)/C(Cn1ccnc1[N+](=O)[O-])=N/O.